The highest BCUT2D eigenvalue weighted by Crippen LogP contribution is 2.32. The predicted octanol–water partition coefficient (Wildman–Crippen LogP) is 2.52. The van der Waals surface area contributed by atoms with Gasteiger partial charge in [0.2, 0.25) is 10.0 Å². The molecule has 0 radical (unpaired) electrons. The van der Waals surface area contributed by atoms with E-state index in [0.29, 0.717) is 37.6 Å². The monoisotopic (exact) mass is 416 g/mol. The van der Waals surface area contributed by atoms with Crippen LogP contribution in [0.3, 0.4) is 0 Å². The van der Waals surface area contributed by atoms with Crippen molar-refractivity contribution in [3.05, 3.63) is 54.1 Å². The molecule has 2 heterocycles. The van der Waals surface area contributed by atoms with Gasteiger partial charge in [0.25, 0.3) is 5.91 Å². The average molecular weight is 416 g/mol. The number of fused-ring (bicyclic) bond motifs is 1. The van der Waals surface area contributed by atoms with Crippen LogP contribution >= 0.6 is 0 Å². The Morgan fingerprint density at radius 3 is 2.34 bits per heavy atom. The molecular weight excluding hydrogens is 392 g/mol. The summed E-state index contributed by atoms with van der Waals surface area (Å²) in [5, 5.41) is 0. The van der Waals surface area contributed by atoms with E-state index in [-0.39, 0.29) is 23.0 Å². The number of carbonyl (C=O) groups excluding carboxylic acids is 1. The van der Waals surface area contributed by atoms with Gasteiger partial charge in [-0.15, -0.1) is 0 Å². The van der Waals surface area contributed by atoms with E-state index in [2.05, 4.69) is 0 Å². The lowest BCUT2D eigenvalue weighted by Gasteiger charge is -2.34. The van der Waals surface area contributed by atoms with Gasteiger partial charge >= 0.3 is 0 Å². The highest BCUT2D eigenvalue weighted by atomic mass is 32.2. The fourth-order valence-electron chi connectivity index (χ4n) is 3.78. The molecular formula is C21H24N2O5S. The number of morpholine rings is 1. The number of nitrogens with zero attached hydrogens (tertiary/aromatic N) is 2. The SMILES string of the molecule is CC1CN(S(=O)(=O)c2ccc(C(=O)N3CCOc4ccccc43)cc2)CC(C)O1. The molecule has 0 aromatic heterocycles. The van der Waals surface area contributed by atoms with Crippen molar-refractivity contribution in [1.29, 1.82) is 0 Å². The van der Waals surface area contributed by atoms with Gasteiger partial charge in [-0.2, -0.15) is 4.31 Å². The van der Waals surface area contributed by atoms with Gasteiger partial charge in [0.05, 0.1) is 29.3 Å². The minimum atomic E-state index is -3.64. The molecule has 2 aromatic rings. The molecule has 7 nitrogen and oxygen atoms in total. The lowest BCUT2D eigenvalue weighted by atomic mass is 10.1. The first-order chi connectivity index (χ1) is 13.9. The van der Waals surface area contributed by atoms with Crippen LogP contribution in [0.2, 0.25) is 0 Å². The van der Waals surface area contributed by atoms with Gasteiger partial charge < -0.3 is 14.4 Å². The molecule has 2 unspecified atom stereocenters. The molecule has 4 rings (SSSR count). The predicted molar refractivity (Wildman–Crippen MR) is 109 cm³/mol. The summed E-state index contributed by atoms with van der Waals surface area (Å²) >= 11 is 0. The van der Waals surface area contributed by atoms with Crippen LogP contribution in [-0.4, -0.2) is 57.1 Å². The maximum absolute atomic E-state index is 13.0. The molecule has 1 amide bonds. The minimum absolute atomic E-state index is 0.157. The van der Waals surface area contributed by atoms with Crippen molar-refractivity contribution >= 4 is 21.6 Å². The summed E-state index contributed by atoms with van der Waals surface area (Å²) in [6.07, 6.45) is -0.313. The van der Waals surface area contributed by atoms with E-state index in [1.165, 1.54) is 16.4 Å². The van der Waals surface area contributed by atoms with Gasteiger partial charge in [0.1, 0.15) is 12.4 Å². The van der Waals surface area contributed by atoms with E-state index in [9.17, 15) is 13.2 Å². The van der Waals surface area contributed by atoms with Gasteiger partial charge in [-0.3, -0.25) is 4.79 Å². The van der Waals surface area contributed by atoms with Crippen molar-refractivity contribution in [2.75, 3.05) is 31.1 Å². The number of amides is 1. The number of hydrogen-bond donors (Lipinski definition) is 0. The molecule has 2 aliphatic heterocycles. The number of carbonyl (C=O) groups is 1. The van der Waals surface area contributed by atoms with Crippen LogP contribution in [0.15, 0.2) is 53.4 Å². The standard InChI is InChI=1S/C21H24N2O5S/c1-15-13-22(14-16(2)28-15)29(25,26)18-9-7-17(8-10-18)21(24)23-11-12-27-20-6-4-3-5-19(20)23/h3-10,15-16H,11-14H2,1-2H3. The second-order valence-electron chi connectivity index (χ2n) is 7.38. The molecule has 1 saturated heterocycles. The number of ether oxygens (including phenoxy) is 2. The Kier molecular flexibility index (Phi) is 5.33. The van der Waals surface area contributed by atoms with E-state index >= 15 is 0 Å². The van der Waals surface area contributed by atoms with Gasteiger partial charge in [-0.25, -0.2) is 8.42 Å². The highest BCUT2D eigenvalue weighted by Gasteiger charge is 2.32. The number of benzene rings is 2. The molecule has 0 spiro atoms. The number of anilines is 1. The second-order valence-corrected chi connectivity index (χ2v) is 9.31. The normalized spacial score (nSPS) is 22.6. The lowest BCUT2D eigenvalue weighted by Crippen LogP contribution is -2.48. The van der Waals surface area contributed by atoms with Crippen LogP contribution < -0.4 is 9.64 Å². The number of rotatable bonds is 3. The van der Waals surface area contributed by atoms with Gasteiger partial charge in [-0.1, -0.05) is 12.1 Å². The van der Waals surface area contributed by atoms with Crippen molar-refractivity contribution in [3.63, 3.8) is 0 Å². The van der Waals surface area contributed by atoms with Gasteiger partial charge in [0.15, 0.2) is 0 Å². The van der Waals surface area contributed by atoms with Crippen LogP contribution in [0.5, 0.6) is 5.75 Å². The Morgan fingerprint density at radius 2 is 1.66 bits per heavy atom. The van der Waals surface area contributed by atoms with Crippen molar-refractivity contribution < 1.29 is 22.7 Å². The Morgan fingerprint density at radius 1 is 1.00 bits per heavy atom. The van der Waals surface area contributed by atoms with Crippen molar-refractivity contribution in [1.82, 2.24) is 4.31 Å². The molecule has 2 aliphatic rings. The van der Waals surface area contributed by atoms with Crippen LogP contribution in [0.4, 0.5) is 5.69 Å². The van der Waals surface area contributed by atoms with Crippen LogP contribution in [0.1, 0.15) is 24.2 Å². The Labute approximate surface area is 170 Å². The third-order valence-corrected chi connectivity index (χ3v) is 6.94. The number of para-hydroxylation sites is 2. The first-order valence-electron chi connectivity index (χ1n) is 9.65. The molecule has 8 heteroatoms. The van der Waals surface area contributed by atoms with Crippen LogP contribution in [0.25, 0.3) is 0 Å². The summed E-state index contributed by atoms with van der Waals surface area (Å²) < 4.78 is 38.6. The topological polar surface area (TPSA) is 76.2 Å². The molecule has 154 valence electrons. The van der Waals surface area contributed by atoms with Gasteiger partial charge in [0, 0.05) is 18.7 Å². The smallest absolute Gasteiger partial charge is 0.258 e. The average Bonchev–Trinajstić information content (AvgIpc) is 2.72. The molecule has 2 atom stereocenters. The second kappa shape index (κ2) is 7.78. The summed E-state index contributed by atoms with van der Waals surface area (Å²) in [5.74, 6) is 0.486. The highest BCUT2D eigenvalue weighted by molar-refractivity contribution is 7.89. The van der Waals surface area contributed by atoms with Crippen LogP contribution in [-0.2, 0) is 14.8 Å². The van der Waals surface area contributed by atoms with Crippen molar-refractivity contribution in [2.24, 2.45) is 0 Å². The zero-order valence-corrected chi connectivity index (χ0v) is 17.3. The van der Waals surface area contributed by atoms with Crippen LogP contribution in [0, 0.1) is 0 Å². The summed E-state index contributed by atoms with van der Waals surface area (Å²) in [4.78, 5) is 14.8. The van der Waals surface area contributed by atoms with E-state index < -0.39 is 10.0 Å². The summed E-state index contributed by atoms with van der Waals surface area (Å²) in [6.45, 7) is 5.22. The molecule has 2 aromatic carbocycles. The third-order valence-electron chi connectivity index (χ3n) is 5.10. The van der Waals surface area contributed by atoms with E-state index in [1.807, 2.05) is 38.1 Å². The zero-order chi connectivity index (χ0) is 20.6. The third kappa shape index (κ3) is 3.88. The lowest BCUT2D eigenvalue weighted by molar-refractivity contribution is -0.0440. The van der Waals surface area contributed by atoms with Gasteiger partial charge in [-0.05, 0) is 50.2 Å². The number of sulfonamides is 1. The van der Waals surface area contributed by atoms with E-state index in [4.69, 9.17) is 9.47 Å². The minimum Gasteiger partial charge on any atom is -0.490 e. The molecule has 1 fully saturated rings. The van der Waals surface area contributed by atoms with Crippen molar-refractivity contribution in [3.8, 4) is 5.75 Å². The summed E-state index contributed by atoms with van der Waals surface area (Å²) in [6, 6.07) is 13.5. The van der Waals surface area contributed by atoms with Crippen molar-refractivity contribution in [2.45, 2.75) is 31.0 Å². The largest absolute Gasteiger partial charge is 0.490 e. The number of hydrogen-bond acceptors (Lipinski definition) is 5. The fourth-order valence-corrected chi connectivity index (χ4v) is 5.37. The first kappa shape index (κ1) is 19.9. The molecule has 0 aliphatic carbocycles. The molecule has 0 saturated carbocycles. The Bertz CT molecular complexity index is 996. The maximum Gasteiger partial charge on any atom is 0.258 e. The zero-order valence-electron chi connectivity index (χ0n) is 16.4. The molecule has 29 heavy (non-hydrogen) atoms. The quantitative estimate of drug-likeness (QED) is 0.769. The van der Waals surface area contributed by atoms with E-state index in [1.54, 1.807) is 17.0 Å². The summed E-state index contributed by atoms with van der Waals surface area (Å²) in [5.41, 5.74) is 1.15. The Balaban J connectivity index is 1.56. The maximum atomic E-state index is 13.0. The first-order valence-corrected chi connectivity index (χ1v) is 11.1. The van der Waals surface area contributed by atoms with E-state index in [0.717, 1.165) is 5.69 Å². The fraction of sp³-hybridized carbons (Fsp3) is 0.381. The molecule has 0 N–H and O–H groups in total. The summed E-state index contributed by atoms with van der Waals surface area (Å²) in [7, 11) is -3.64. The molecule has 0 bridgehead atoms. The Hall–Kier alpha value is -2.42.